The molecule has 3 heteroatoms. The predicted octanol–water partition coefficient (Wildman–Crippen LogP) is 1.47. The third kappa shape index (κ3) is 2.60. The van der Waals surface area contributed by atoms with Gasteiger partial charge in [0.1, 0.15) is 0 Å². The quantitative estimate of drug-likeness (QED) is 0.734. The second-order valence-corrected chi connectivity index (χ2v) is 4.09. The van der Waals surface area contributed by atoms with E-state index in [1.807, 2.05) is 10.9 Å². The van der Waals surface area contributed by atoms with Crippen LogP contribution in [0.4, 0.5) is 0 Å². The van der Waals surface area contributed by atoms with E-state index >= 15 is 0 Å². The van der Waals surface area contributed by atoms with Gasteiger partial charge in [-0.05, 0) is 19.8 Å². The summed E-state index contributed by atoms with van der Waals surface area (Å²) in [6.45, 7) is 3.87. The van der Waals surface area contributed by atoms with Crippen molar-refractivity contribution >= 4 is 0 Å². The number of aromatic nitrogens is 2. The van der Waals surface area contributed by atoms with E-state index in [2.05, 4.69) is 23.3 Å². The van der Waals surface area contributed by atoms with E-state index in [1.165, 1.54) is 24.1 Å². The zero-order valence-corrected chi connectivity index (χ0v) is 9.16. The van der Waals surface area contributed by atoms with Crippen molar-refractivity contribution in [2.24, 2.45) is 0 Å². The first-order valence-electron chi connectivity index (χ1n) is 5.49. The van der Waals surface area contributed by atoms with Gasteiger partial charge in [0.2, 0.25) is 0 Å². The van der Waals surface area contributed by atoms with Crippen molar-refractivity contribution < 1.29 is 0 Å². The molecule has 0 radical (unpaired) electrons. The topological polar surface area (TPSA) is 29.9 Å². The lowest BCUT2D eigenvalue weighted by atomic mass is 10.2. The molecule has 0 aromatic carbocycles. The van der Waals surface area contributed by atoms with Crippen molar-refractivity contribution in [3.8, 4) is 12.3 Å². The Morgan fingerprint density at radius 2 is 2.47 bits per heavy atom. The van der Waals surface area contributed by atoms with Gasteiger partial charge in [-0.2, -0.15) is 5.10 Å². The molecule has 0 spiro atoms. The third-order valence-electron chi connectivity index (χ3n) is 2.83. The number of nitrogens with one attached hydrogen (secondary N) is 1. The molecule has 15 heavy (non-hydrogen) atoms. The molecule has 0 unspecified atom stereocenters. The van der Waals surface area contributed by atoms with Gasteiger partial charge in [-0.3, -0.25) is 4.68 Å². The first-order valence-corrected chi connectivity index (χ1v) is 5.49. The van der Waals surface area contributed by atoms with Crippen LogP contribution in [0.2, 0.25) is 0 Å². The summed E-state index contributed by atoms with van der Waals surface area (Å²) in [6.07, 6.45) is 10.6. The van der Waals surface area contributed by atoms with Gasteiger partial charge in [-0.1, -0.05) is 0 Å². The molecule has 0 aliphatic heterocycles. The van der Waals surface area contributed by atoms with Gasteiger partial charge in [0.25, 0.3) is 0 Å². The van der Waals surface area contributed by atoms with E-state index < -0.39 is 0 Å². The van der Waals surface area contributed by atoms with Crippen molar-refractivity contribution in [2.45, 2.75) is 45.3 Å². The van der Waals surface area contributed by atoms with Crippen molar-refractivity contribution in [1.29, 1.82) is 0 Å². The van der Waals surface area contributed by atoms with E-state index in [1.54, 1.807) is 0 Å². The Balaban J connectivity index is 1.92. The highest BCUT2D eigenvalue weighted by Crippen LogP contribution is 2.19. The summed E-state index contributed by atoms with van der Waals surface area (Å²) in [7, 11) is 0. The molecule has 0 saturated heterocycles. The highest BCUT2D eigenvalue weighted by molar-refractivity contribution is 5.16. The lowest BCUT2D eigenvalue weighted by molar-refractivity contribution is 0.608. The van der Waals surface area contributed by atoms with Gasteiger partial charge in [0.15, 0.2) is 0 Å². The Kier molecular flexibility index (Phi) is 3.08. The molecule has 1 aromatic heterocycles. The fourth-order valence-corrected chi connectivity index (χ4v) is 1.60. The molecule has 1 saturated carbocycles. The van der Waals surface area contributed by atoms with E-state index in [0.717, 1.165) is 25.6 Å². The van der Waals surface area contributed by atoms with Crippen LogP contribution in [-0.2, 0) is 13.1 Å². The number of rotatable bonds is 5. The highest BCUT2D eigenvalue weighted by atomic mass is 15.3. The normalized spacial score (nSPS) is 15.2. The number of aryl methyl sites for hydroxylation is 1. The van der Waals surface area contributed by atoms with Gasteiger partial charge in [0.05, 0.1) is 12.7 Å². The molecule has 2 rings (SSSR count). The largest absolute Gasteiger partial charge is 0.310 e. The van der Waals surface area contributed by atoms with Crippen LogP contribution in [0, 0.1) is 19.3 Å². The SMILES string of the molecule is C#CCCn1ncc(CNC2CC2)c1C. The maximum absolute atomic E-state index is 5.24. The summed E-state index contributed by atoms with van der Waals surface area (Å²) in [6, 6.07) is 0.749. The first-order chi connectivity index (χ1) is 7.31. The fraction of sp³-hybridized carbons (Fsp3) is 0.583. The smallest absolute Gasteiger partial charge is 0.0537 e. The Hall–Kier alpha value is -1.27. The minimum absolute atomic E-state index is 0.748. The van der Waals surface area contributed by atoms with E-state index in [4.69, 9.17) is 6.42 Å². The number of terminal acetylenes is 1. The lowest BCUT2D eigenvalue weighted by Crippen LogP contribution is -2.15. The molecule has 1 aromatic rings. The van der Waals surface area contributed by atoms with Crippen molar-refractivity contribution in [2.75, 3.05) is 0 Å². The third-order valence-corrected chi connectivity index (χ3v) is 2.83. The van der Waals surface area contributed by atoms with Crippen LogP contribution in [0.1, 0.15) is 30.5 Å². The summed E-state index contributed by atoms with van der Waals surface area (Å²) < 4.78 is 1.99. The fourth-order valence-electron chi connectivity index (χ4n) is 1.60. The standard InChI is InChI=1S/C12H17N3/c1-3-4-7-15-10(2)11(9-14-15)8-13-12-5-6-12/h1,9,12-13H,4-8H2,2H3. The monoisotopic (exact) mass is 203 g/mol. The molecule has 80 valence electrons. The number of hydrogen-bond donors (Lipinski definition) is 1. The lowest BCUT2D eigenvalue weighted by Gasteiger charge is -2.04. The molecule has 1 N–H and O–H groups in total. The second kappa shape index (κ2) is 4.50. The highest BCUT2D eigenvalue weighted by Gasteiger charge is 2.20. The minimum Gasteiger partial charge on any atom is -0.310 e. The maximum Gasteiger partial charge on any atom is 0.0537 e. The van der Waals surface area contributed by atoms with Gasteiger partial charge < -0.3 is 5.32 Å². The Morgan fingerprint density at radius 3 is 3.13 bits per heavy atom. The first kappa shape index (κ1) is 10.3. The van der Waals surface area contributed by atoms with Gasteiger partial charge in [0, 0.05) is 30.3 Å². The van der Waals surface area contributed by atoms with E-state index in [0.29, 0.717) is 0 Å². The van der Waals surface area contributed by atoms with Crippen LogP contribution >= 0.6 is 0 Å². The van der Waals surface area contributed by atoms with Gasteiger partial charge in [-0.15, -0.1) is 12.3 Å². The molecule has 0 amide bonds. The van der Waals surface area contributed by atoms with Crippen LogP contribution in [0.3, 0.4) is 0 Å². The molecule has 1 heterocycles. The molecule has 1 aliphatic rings. The van der Waals surface area contributed by atoms with E-state index in [9.17, 15) is 0 Å². The van der Waals surface area contributed by atoms with Crippen LogP contribution in [0.5, 0.6) is 0 Å². The van der Waals surface area contributed by atoms with Crippen molar-refractivity contribution in [3.05, 3.63) is 17.5 Å². The average Bonchev–Trinajstić information content (AvgIpc) is 3.00. The van der Waals surface area contributed by atoms with E-state index in [-0.39, 0.29) is 0 Å². The van der Waals surface area contributed by atoms with Gasteiger partial charge in [-0.25, -0.2) is 0 Å². The molecule has 0 bridgehead atoms. The Bertz CT molecular complexity index is 369. The molecule has 0 atom stereocenters. The van der Waals surface area contributed by atoms with Crippen LogP contribution in [0.15, 0.2) is 6.20 Å². The molecule has 3 nitrogen and oxygen atoms in total. The van der Waals surface area contributed by atoms with Crippen LogP contribution in [-0.4, -0.2) is 15.8 Å². The summed E-state index contributed by atoms with van der Waals surface area (Å²) in [5, 5.41) is 7.82. The molecular weight excluding hydrogens is 186 g/mol. The van der Waals surface area contributed by atoms with Crippen LogP contribution < -0.4 is 5.32 Å². The van der Waals surface area contributed by atoms with Crippen LogP contribution in [0.25, 0.3) is 0 Å². The van der Waals surface area contributed by atoms with Gasteiger partial charge >= 0.3 is 0 Å². The Morgan fingerprint density at radius 1 is 1.67 bits per heavy atom. The second-order valence-electron chi connectivity index (χ2n) is 4.09. The predicted molar refractivity (Wildman–Crippen MR) is 60.3 cm³/mol. The summed E-state index contributed by atoms with van der Waals surface area (Å²) in [5.74, 6) is 2.64. The van der Waals surface area contributed by atoms with Crippen molar-refractivity contribution in [1.82, 2.24) is 15.1 Å². The molecule has 1 fully saturated rings. The minimum atomic E-state index is 0.748. The zero-order valence-electron chi connectivity index (χ0n) is 9.16. The van der Waals surface area contributed by atoms with Crippen molar-refractivity contribution in [3.63, 3.8) is 0 Å². The zero-order chi connectivity index (χ0) is 10.7. The molecular formula is C12H17N3. The number of hydrogen-bond acceptors (Lipinski definition) is 2. The maximum atomic E-state index is 5.24. The number of nitrogens with zero attached hydrogens (tertiary/aromatic N) is 2. The summed E-state index contributed by atoms with van der Waals surface area (Å²) in [4.78, 5) is 0. The Labute approximate surface area is 90.9 Å². The molecule has 1 aliphatic carbocycles. The summed E-state index contributed by atoms with van der Waals surface area (Å²) in [5.41, 5.74) is 2.53. The summed E-state index contributed by atoms with van der Waals surface area (Å²) >= 11 is 0. The average molecular weight is 203 g/mol.